The third-order valence-electron chi connectivity index (χ3n) is 3.64. The molecule has 8 nitrogen and oxygen atoms in total. The molecule has 0 aliphatic carbocycles. The van der Waals surface area contributed by atoms with Crippen LogP contribution in [-0.4, -0.2) is 31.7 Å². The molecule has 1 aromatic carbocycles. The minimum Gasteiger partial charge on any atom is -0.418 e. The van der Waals surface area contributed by atoms with E-state index in [1.54, 1.807) is 12.1 Å². The van der Waals surface area contributed by atoms with Gasteiger partial charge in [0.1, 0.15) is 0 Å². The molecular formula is C17H17N5O3S2. The van der Waals surface area contributed by atoms with Gasteiger partial charge in [0.2, 0.25) is 5.89 Å². The van der Waals surface area contributed by atoms with E-state index >= 15 is 0 Å². The fourth-order valence-corrected chi connectivity index (χ4v) is 3.29. The van der Waals surface area contributed by atoms with Crippen LogP contribution in [0.5, 0.6) is 0 Å². The van der Waals surface area contributed by atoms with E-state index in [-0.39, 0.29) is 5.69 Å². The van der Waals surface area contributed by atoms with Crippen molar-refractivity contribution in [2.24, 2.45) is 0 Å². The molecule has 3 aromatic rings. The number of nitrogens with zero attached hydrogens (tertiary/aromatic N) is 4. The Morgan fingerprint density at radius 3 is 2.74 bits per heavy atom. The lowest BCUT2D eigenvalue weighted by Gasteiger charge is -2.23. The van der Waals surface area contributed by atoms with E-state index < -0.39 is 4.92 Å². The van der Waals surface area contributed by atoms with Crippen molar-refractivity contribution in [1.29, 1.82) is 0 Å². The Bertz CT molecular complexity index is 909. The van der Waals surface area contributed by atoms with Gasteiger partial charge in [-0.2, -0.15) is 0 Å². The number of hydrogen-bond donors (Lipinski definition) is 1. The van der Waals surface area contributed by atoms with Gasteiger partial charge in [-0.3, -0.25) is 10.1 Å². The van der Waals surface area contributed by atoms with E-state index in [1.165, 1.54) is 23.5 Å². The smallest absolute Gasteiger partial charge is 0.269 e. The summed E-state index contributed by atoms with van der Waals surface area (Å²) < 4.78 is 5.73. The van der Waals surface area contributed by atoms with Crippen molar-refractivity contribution in [3.05, 3.63) is 57.8 Å². The van der Waals surface area contributed by atoms with Crippen LogP contribution in [0, 0.1) is 10.1 Å². The number of nitrogens with one attached hydrogen (secondary N) is 1. The number of hydrogen-bond acceptors (Lipinski definition) is 7. The SMILES string of the molecule is CCCN(Cc1nnc(-c2cccs2)o1)C(=S)Nc1ccc([N+](=O)[O-])cc1. The van der Waals surface area contributed by atoms with E-state index in [9.17, 15) is 10.1 Å². The number of rotatable bonds is 7. The van der Waals surface area contributed by atoms with Gasteiger partial charge in [-0.15, -0.1) is 21.5 Å². The maximum atomic E-state index is 10.7. The standard InChI is InChI=1S/C17H17N5O3S2/c1-2-9-21(11-15-19-20-16(25-15)14-4-3-10-27-14)17(26)18-12-5-7-13(8-6-12)22(23)24/h3-8,10H,2,9,11H2,1H3,(H,18,26). The molecule has 0 saturated heterocycles. The monoisotopic (exact) mass is 403 g/mol. The summed E-state index contributed by atoms with van der Waals surface area (Å²) in [6, 6.07) is 9.95. The second kappa shape index (κ2) is 8.69. The Hall–Kier alpha value is -2.85. The number of thiocarbonyl (C=S) groups is 1. The maximum absolute atomic E-state index is 10.7. The highest BCUT2D eigenvalue weighted by Gasteiger charge is 2.16. The fraction of sp³-hybridized carbons (Fsp3) is 0.235. The molecule has 140 valence electrons. The van der Waals surface area contributed by atoms with Gasteiger partial charge >= 0.3 is 0 Å². The van der Waals surface area contributed by atoms with Gasteiger partial charge in [-0.1, -0.05) is 13.0 Å². The van der Waals surface area contributed by atoms with Crippen molar-refractivity contribution < 1.29 is 9.34 Å². The van der Waals surface area contributed by atoms with Crippen molar-refractivity contribution in [3.63, 3.8) is 0 Å². The summed E-state index contributed by atoms with van der Waals surface area (Å²) in [5.74, 6) is 0.963. The number of thiophene rings is 1. The zero-order chi connectivity index (χ0) is 19.2. The van der Waals surface area contributed by atoms with E-state index in [4.69, 9.17) is 16.6 Å². The van der Waals surface area contributed by atoms with Gasteiger partial charge in [0.05, 0.1) is 16.3 Å². The lowest BCUT2D eigenvalue weighted by molar-refractivity contribution is -0.384. The van der Waals surface area contributed by atoms with Crippen LogP contribution >= 0.6 is 23.6 Å². The largest absolute Gasteiger partial charge is 0.418 e. The quantitative estimate of drug-likeness (QED) is 0.354. The van der Waals surface area contributed by atoms with Gasteiger partial charge in [0.15, 0.2) is 5.11 Å². The number of nitro benzene ring substituents is 1. The van der Waals surface area contributed by atoms with Crippen LogP contribution in [0.25, 0.3) is 10.8 Å². The van der Waals surface area contributed by atoms with Crippen molar-refractivity contribution in [2.45, 2.75) is 19.9 Å². The average Bonchev–Trinajstić information content (AvgIpc) is 3.33. The molecule has 27 heavy (non-hydrogen) atoms. The van der Waals surface area contributed by atoms with Crippen LogP contribution in [-0.2, 0) is 6.54 Å². The molecule has 0 amide bonds. The van der Waals surface area contributed by atoms with Crippen LogP contribution < -0.4 is 5.32 Å². The normalized spacial score (nSPS) is 10.6. The van der Waals surface area contributed by atoms with Gasteiger partial charge in [0, 0.05) is 24.4 Å². The molecule has 0 aliphatic heterocycles. The molecule has 3 rings (SSSR count). The van der Waals surface area contributed by atoms with Crippen LogP contribution in [0.4, 0.5) is 11.4 Å². The number of nitro groups is 1. The van der Waals surface area contributed by atoms with Crippen molar-refractivity contribution in [3.8, 4) is 10.8 Å². The zero-order valence-corrected chi connectivity index (χ0v) is 16.1. The first kappa shape index (κ1) is 18.9. The Balaban J connectivity index is 1.67. The predicted octanol–water partition coefficient (Wildman–Crippen LogP) is 4.32. The van der Waals surface area contributed by atoms with Gasteiger partial charge in [-0.25, -0.2) is 0 Å². The summed E-state index contributed by atoms with van der Waals surface area (Å²) in [6.45, 7) is 3.13. The number of benzene rings is 1. The molecule has 0 unspecified atom stereocenters. The minimum atomic E-state index is -0.438. The molecule has 0 radical (unpaired) electrons. The molecule has 0 fully saturated rings. The highest BCUT2D eigenvalue weighted by atomic mass is 32.1. The van der Waals surface area contributed by atoms with Gasteiger partial charge in [0.25, 0.3) is 11.6 Å². The molecular weight excluding hydrogens is 386 g/mol. The highest BCUT2D eigenvalue weighted by molar-refractivity contribution is 7.80. The molecule has 0 spiro atoms. The first-order chi connectivity index (χ1) is 13.1. The second-order valence-electron chi connectivity index (χ2n) is 5.63. The maximum Gasteiger partial charge on any atom is 0.269 e. The number of aromatic nitrogens is 2. The summed E-state index contributed by atoms with van der Waals surface area (Å²) in [4.78, 5) is 13.1. The Kier molecular flexibility index (Phi) is 6.09. The van der Waals surface area contributed by atoms with Crippen LogP contribution in [0.15, 0.2) is 46.2 Å². The Morgan fingerprint density at radius 2 is 2.11 bits per heavy atom. The summed E-state index contributed by atoms with van der Waals surface area (Å²) >= 11 is 7.02. The van der Waals surface area contributed by atoms with Gasteiger partial charge in [-0.05, 0) is 42.2 Å². The third kappa shape index (κ3) is 4.86. The van der Waals surface area contributed by atoms with Gasteiger partial charge < -0.3 is 14.6 Å². The Morgan fingerprint density at radius 1 is 1.33 bits per heavy atom. The molecule has 0 bridgehead atoms. The fourth-order valence-electron chi connectivity index (χ4n) is 2.37. The second-order valence-corrected chi connectivity index (χ2v) is 6.97. The van der Waals surface area contributed by atoms with Crippen LogP contribution in [0.2, 0.25) is 0 Å². The summed E-state index contributed by atoms with van der Waals surface area (Å²) in [7, 11) is 0. The van der Waals surface area contributed by atoms with E-state index in [2.05, 4.69) is 15.5 Å². The number of non-ortho nitro benzene ring substituents is 1. The van der Waals surface area contributed by atoms with Crippen molar-refractivity contribution >= 4 is 40.0 Å². The van der Waals surface area contributed by atoms with E-state index in [0.29, 0.717) is 35.7 Å². The average molecular weight is 403 g/mol. The molecule has 2 heterocycles. The first-order valence-corrected chi connectivity index (χ1v) is 9.52. The van der Waals surface area contributed by atoms with E-state index in [0.717, 1.165) is 11.3 Å². The highest BCUT2D eigenvalue weighted by Crippen LogP contribution is 2.23. The molecule has 1 N–H and O–H groups in total. The van der Waals surface area contributed by atoms with Crippen molar-refractivity contribution in [2.75, 3.05) is 11.9 Å². The molecule has 0 aliphatic rings. The zero-order valence-electron chi connectivity index (χ0n) is 14.5. The topological polar surface area (TPSA) is 97.3 Å². The molecule has 0 saturated carbocycles. The minimum absolute atomic E-state index is 0.0313. The lowest BCUT2D eigenvalue weighted by Crippen LogP contribution is -2.35. The molecule has 0 atom stereocenters. The summed E-state index contributed by atoms with van der Waals surface area (Å²) in [5, 5.41) is 24.5. The summed E-state index contributed by atoms with van der Waals surface area (Å²) in [5.41, 5.74) is 0.709. The Labute approximate surface area is 165 Å². The molecule has 10 heteroatoms. The van der Waals surface area contributed by atoms with E-state index in [1.807, 2.05) is 29.3 Å². The lowest BCUT2D eigenvalue weighted by atomic mass is 10.3. The third-order valence-corrected chi connectivity index (χ3v) is 4.85. The summed E-state index contributed by atoms with van der Waals surface area (Å²) in [6.07, 6.45) is 0.883. The van der Waals surface area contributed by atoms with Crippen molar-refractivity contribution in [1.82, 2.24) is 15.1 Å². The van der Waals surface area contributed by atoms with Crippen LogP contribution in [0.3, 0.4) is 0 Å². The first-order valence-electron chi connectivity index (χ1n) is 8.23. The molecule has 2 aromatic heterocycles. The number of anilines is 1. The van der Waals surface area contributed by atoms with Crippen LogP contribution in [0.1, 0.15) is 19.2 Å². The predicted molar refractivity (Wildman–Crippen MR) is 108 cm³/mol.